The van der Waals surface area contributed by atoms with Crippen LogP contribution in [0.4, 0.5) is 20.7 Å². The fourth-order valence-electron chi connectivity index (χ4n) is 3.32. The lowest BCUT2D eigenvalue weighted by Gasteiger charge is -2.19. The van der Waals surface area contributed by atoms with Gasteiger partial charge in [0.05, 0.1) is 22.9 Å². The van der Waals surface area contributed by atoms with Crippen molar-refractivity contribution < 1.29 is 33.0 Å². The molecule has 0 aliphatic rings. The van der Waals surface area contributed by atoms with Crippen LogP contribution in [0.1, 0.15) is 48.0 Å². The molecule has 0 saturated heterocycles. The van der Waals surface area contributed by atoms with E-state index in [2.05, 4.69) is 25.9 Å². The van der Waals surface area contributed by atoms with Crippen molar-refractivity contribution >= 4 is 41.0 Å². The van der Waals surface area contributed by atoms with Crippen LogP contribution in [0.15, 0.2) is 54.9 Å². The van der Waals surface area contributed by atoms with Crippen LogP contribution in [0.5, 0.6) is 11.5 Å². The largest absolute Gasteiger partial charge is 0.493 e. The summed E-state index contributed by atoms with van der Waals surface area (Å²) in [6.07, 6.45) is 2.65. The number of ether oxygens (including phenoxy) is 3. The van der Waals surface area contributed by atoms with E-state index in [0.29, 0.717) is 17.2 Å². The van der Waals surface area contributed by atoms with Crippen molar-refractivity contribution in [1.29, 1.82) is 0 Å². The first-order chi connectivity index (χ1) is 19.6. The highest BCUT2D eigenvalue weighted by Gasteiger charge is 2.20. The zero-order valence-corrected chi connectivity index (χ0v) is 23.6. The Morgan fingerprint density at radius 2 is 1.78 bits per heavy atom. The highest BCUT2D eigenvalue weighted by molar-refractivity contribution is 6.30. The fourth-order valence-corrected chi connectivity index (χ4v) is 3.43. The Hall–Kier alpha value is -4.45. The number of carbonyl (C=O) groups is 3. The minimum absolute atomic E-state index is 0.0452. The van der Waals surface area contributed by atoms with Crippen molar-refractivity contribution in [3.63, 3.8) is 0 Å². The van der Waals surface area contributed by atoms with E-state index in [1.54, 1.807) is 32.9 Å². The van der Waals surface area contributed by atoms with Gasteiger partial charge in [0.25, 0.3) is 11.8 Å². The number of hydrogen-bond acceptors (Lipinski definition) is 8. The summed E-state index contributed by atoms with van der Waals surface area (Å²) >= 11 is 5.84. The second-order valence-electron chi connectivity index (χ2n) is 9.50. The van der Waals surface area contributed by atoms with E-state index < -0.39 is 30.2 Å². The number of nitrogens with zero attached hydrogens (tertiary/aromatic N) is 2. The van der Waals surface area contributed by atoms with Crippen LogP contribution < -0.4 is 25.4 Å². The van der Waals surface area contributed by atoms with Crippen molar-refractivity contribution in [2.24, 2.45) is 0 Å². The summed E-state index contributed by atoms with van der Waals surface area (Å²) in [4.78, 5) is 46.1. The minimum atomic E-state index is -0.688. The van der Waals surface area contributed by atoms with Crippen molar-refractivity contribution in [1.82, 2.24) is 15.3 Å². The topological polar surface area (TPSA) is 141 Å². The number of benzene rings is 1. The van der Waals surface area contributed by atoms with Crippen molar-refractivity contribution in [3.05, 3.63) is 71.1 Å². The molecule has 0 radical (unpaired) electrons. The zero-order valence-electron chi connectivity index (χ0n) is 22.8. The van der Waals surface area contributed by atoms with Crippen LogP contribution in [0.25, 0.3) is 0 Å². The third kappa shape index (κ3) is 10.2. The molecule has 0 aliphatic heterocycles. The predicted octanol–water partition coefficient (Wildman–Crippen LogP) is 5.28. The third-order valence-corrected chi connectivity index (χ3v) is 5.25. The smallest absolute Gasteiger partial charge is 0.407 e. The van der Waals surface area contributed by atoms with Crippen molar-refractivity contribution in [3.8, 4) is 11.5 Å². The summed E-state index contributed by atoms with van der Waals surface area (Å²) < 4.78 is 29.0. The summed E-state index contributed by atoms with van der Waals surface area (Å²) in [6, 6.07) is 10.6. The number of aromatic nitrogens is 2. The lowest BCUT2D eigenvalue weighted by molar-refractivity contribution is 0.0525. The number of alkyl halides is 1. The molecule has 13 heteroatoms. The van der Waals surface area contributed by atoms with Gasteiger partial charge in [-0.1, -0.05) is 11.6 Å². The minimum Gasteiger partial charge on any atom is -0.493 e. The molecular formula is C28H31ClFN5O6. The summed E-state index contributed by atoms with van der Waals surface area (Å²) in [7, 11) is 0. The highest BCUT2D eigenvalue weighted by atomic mass is 35.5. The zero-order chi connectivity index (χ0) is 29.8. The Bertz CT molecular complexity index is 1350. The van der Waals surface area contributed by atoms with Crippen molar-refractivity contribution in [2.45, 2.75) is 32.8 Å². The number of pyridine rings is 2. The number of rotatable bonds is 12. The second kappa shape index (κ2) is 14.8. The number of anilines is 2. The van der Waals surface area contributed by atoms with Gasteiger partial charge in [-0.2, -0.15) is 0 Å². The predicted molar refractivity (Wildman–Crippen MR) is 152 cm³/mol. The number of hydrogen-bond donors (Lipinski definition) is 3. The maximum atomic E-state index is 13.3. The van der Waals surface area contributed by atoms with Gasteiger partial charge in [-0.05, 0) is 63.6 Å². The molecule has 1 aromatic carbocycles. The molecule has 218 valence electrons. The number of carbonyl (C=O) groups excluding carboxylic acids is 3. The van der Waals surface area contributed by atoms with Gasteiger partial charge in [0, 0.05) is 25.0 Å². The normalized spacial score (nSPS) is 10.9. The Balaban J connectivity index is 1.70. The average Bonchev–Trinajstić information content (AvgIpc) is 2.92. The van der Waals surface area contributed by atoms with E-state index in [1.165, 1.54) is 42.7 Å². The van der Waals surface area contributed by atoms with Gasteiger partial charge in [0.2, 0.25) is 0 Å². The molecule has 41 heavy (non-hydrogen) atoms. The molecule has 0 spiro atoms. The maximum absolute atomic E-state index is 13.3. The summed E-state index contributed by atoms with van der Waals surface area (Å²) in [5.41, 5.74) is -0.387. The average molecular weight is 588 g/mol. The standard InChI is InChI=1S/C28H31ClFN5O6/c1-28(2,3)41-27(38)32-13-5-14-40-22-16-19(39-15-11-30)8-9-20(22)25(36)34-21-6-4-12-31-24(21)26(37)35-23-10-7-18(29)17-33-23/h4,6-10,12,16-17H,5,11,13-15H2,1-3H3,(H,32,38)(H,34,36)(H,33,35,37). The van der Waals surface area contributed by atoms with Crippen LogP contribution in [-0.2, 0) is 4.74 Å². The molecule has 2 heterocycles. The molecule has 11 nitrogen and oxygen atoms in total. The van der Waals surface area contributed by atoms with E-state index in [4.69, 9.17) is 25.8 Å². The van der Waals surface area contributed by atoms with E-state index in [-0.39, 0.29) is 48.3 Å². The van der Waals surface area contributed by atoms with E-state index in [0.717, 1.165) is 0 Å². The Kier molecular flexibility index (Phi) is 11.2. The lowest BCUT2D eigenvalue weighted by atomic mass is 10.1. The van der Waals surface area contributed by atoms with E-state index in [1.807, 2.05) is 0 Å². The first-order valence-electron chi connectivity index (χ1n) is 12.7. The Morgan fingerprint density at radius 3 is 2.49 bits per heavy atom. The SMILES string of the molecule is CC(C)(C)OC(=O)NCCCOc1cc(OCCF)ccc1C(=O)Nc1cccnc1C(=O)Nc1ccc(Cl)cn1. The third-order valence-electron chi connectivity index (χ3n) is 5.03. The number of amides is 3. The van der Waals surface area contributed by atoms with Crippen LogP contribution in [0, 0.1) is 0 Å². The first kappa shape index (κ1) is 31.1. The van der Waals surface area contributed by atoms with Crippen molar-refractivity contribution in [2.75, 3.05) is 37.1 Å². The molecule has 0 atom stereocenters. The van der Waals surface area contributed by atoms with Gasteiger partial charge in [-0.15, -0.1) is 0 Å². The summed E-state index contributed by atoms with van der Waals surface area (Å²) in [5.74, 6) is -0.465. The summed E-state index contributed by atoms with van der Waals surface area (Å²) in [5, 5.41) is 8.33. The number of nitrogens with one attached hydrogen (secondary N) is 3. The van der Waals surface area contributed by atoms with Gasteiger partial charge in [0.1, 0.15) is 36.2 Å². The van der Waals surface area contributed by atoms with Gasteiger partial charge < -0.3 is 30.2 Å². The monoisotopic (exact) mass is 587 g/mol. The Labute approximate surface area is 241 Å². The maximum Gasteiger partial charge on any atom is 0.407 e. The highest BCUT2D eigenvalue weighted by Crippen LogP contribution is 2.27. The quantitative estimate of drug-likeness (QED) is 0.243. The molecule has 3 rings (SSSR count). The van der Waals surface area contributed by atoms with Gasteiger partial charge in [0.15, 0.2) is 5.69 Å². The molecule has 3 amide bonds. The number of halogens is 2. The molecule has 0 bridgehead atoms. The van der Waals surface area contributed by atoms with Crippen LogP contribution in [0.2, 0.25) is 5.02 Å². The van der Waals surface area contributed by atoms with Gasteiger partial charge >= 0.3 is 6.09 Å². The number of alkyl carbamates (subject to hydrolysis) is 1. The first-order valence-corrected chi connectivity index (χ1v) is 13.1. The van der Waals surface area contributed by atoms with Crippen LogP contribution in [0.3, 0.4) is 0 Å². The summed E-state index contributed by atoms with van der Waals surface area (Å²) in [6.45, 7) is 4.84. The van der Waals surface area contributed by atoms with Gasteiger partial charge in [-0.25, -0.2) is 19.2 Å². The molecule has 0 unspecified atom stereocenters. The van der Waals surface area contributed by atoms with E-state index in [9.17, 15) is 18.8 Å². The molecule has 3 aromatic rings. The molecule has 0 aliphatic carbocycles. The second-order valence-corrected chi connectivity index (χ2v) is 9.93. The van der Waals surface area contributed by atoms with Crippen LogP contribution >= 0.6 is 11.6 Å². The molecular weight excluding hydrogens is 557 g/mol. The molecule has 0 saturated carbocycles. The fraction of sp³-hybridized carbons (Fsp3) is 0.321. The van der Waals surface area contributed by atoms with Crippen LogP contribution in [-0.4, -0.2) is 59.9 Å². The Morgan fingerprint density at radius 1 is 0.976 bits per heavy atom. The molecule has 0 fully saturated rings. The van der Waals surface area contributed by atoms with Gasteiger partial charge in [-0.3, -0.25) is 9.59 Å². The molecule has 2 aromatic heterocycles. The lowest BCUT2D eigenvalue weighted by Crippen LogP contribution is -2.33. The van der Waals surface area contributed by atoms with E-state index >= 15 is 0 Å². The molecule has 3 N–H and O–H groups in total.